The minimum Gasteiger partial charge on any atom is -0.366 e. The van der Waals surface area contributed by atoms with Gasteiger partial charge in [0.05, 0.1) is 10.0 Å². The van der Waals surface area contributed by atoms with Gasteiger partial charge in [0.25, 0.3) is 0 Å². The molecule has 0 spiro atoms. The average molecular weight is 294 g/mol. The van der Waals surface area contributed by atoms with Crippen LogP contribution in [0, 0.1) is 5.92 Å². The lowest BCUT2D eigenvalue weighted by molar-refractivity contribution is 0.481. The Balaban J connectivity index is 2.09. The highest BCUT2D eigenvalue weighted by atomic mass is 35.5. The molecule has 0 aliphatic heterocycles. The van der Waals surface area contributed by atoms with Crippen LogP contribution in [0.15, 0.2) is 6.07 Å². The molecule has 1 aromatic heterocycles. The Hall–Kier alpha value is -0.180. The van der Waals surface area contributed by atoms with E-state index in [1.165, 1.54) is 25.7 Å². The van der Waals surface area contributed by atoms with Crippen molar-refractivity contribution in [2.24, 2.45) is 5.92 Å². The maximum absolute atomic E-state index is 6.08. The summed E-state index contributed by atoms with van der Waals surface area (Å²) in [4.78, 5) is 4.17. The largest absolute Gasteiger partial charge is 0.366 e. The van der Waals surface area contributed by atoms with Gasteiger partial charge in [-0.1, -0.05) is 47.6 Å². The third kappa shape index (κ3) is 3.18. The van der Waals surface area contributed by atoms with Crippen LogP contribution in [0.2, 0.25) is 15.2 Å². The van der Waals surface area contributed by atoms with Crippen molar-refractivity contribution in [2.45, 2.75) is 38.6 Å². The molecule has 1 fully saturated rings. The van der Waals surface area contributed by atoms with E-state index in [1.54, 1.807) is 6.07 Å². The van der Waals surface area contributed by atoms with Crippen molar-refractivity contribution in [1.82, 2.24) is 4.98 Å². The van der Waals surface area contributed by atoms with Crippen molar-refractivity contribution in [3.8, 4) is 0 Å². The minimum absolute atomic E-state index is 0.289. The lowest BCUT2D eigenvalue weighted by Gasteiger charge is -2.21. The zero-order valence-electron chi connectivity index (χ0n) is 9.64. The van der Waals surface area contributed by atoms with Gasteiger partial charge >= 0.3 is 0 Å². The monoisotopic (exact) mass is 292 g/mol. The average Bonchev–Trinajstić information content (AvgIpc) is 2.79. The van der Waals surface area contributed by atoms with E-state index >= 15 is 0 Å². The number of hydrogen-bond donors (Lipinski definition) is 1. The van der Waals surface area contributed by atoms with E-state index in [0.717, 1.165) is 0 Å². The number of pyridine rings is 1. The van der Waals surface area contributed by atoms with Gasteiger partial charge in [0, 0.05) is 6.04 Å². The Bertz CT molecular complexity index is 403. The molecule has 1 heterocycles. The molecule has 94 valence electrons. The fourth-order valence-electron chi connectivity index (χ4n) is 2.34. The third-order valence-corrected chi connectivity index (χ3v) is 4.32. The number of anilines is 1. The highest BCUT2D eigenvalue weighted by molar-refractivity contribution is 6.42. The molecule has 17 heavy (non-hydrogen) atoms. The number of hydrogen-bond acceptors (Lipinski definition) is 2. The smallest absolute Gasteiger partial charge is 0.150 e. The molecule has 0 radical (unpaired) electrons. The molecule has 1 saturated carbocycles. The summed E-state index contributed by atoms with van der Waals surface area (Å²) in [5, 5.41) is 4.53. The molecule has 0 amide bonds. The number of nitrogens with zero attached hydrogens (tertiary/aromatic N) is 1. The summed E-state index contributed by atoms with van der Waals surface area (Å²) in [5.41, 5.74) is 0. The van der Waals surface area contributed by atoms with Crippen LogP contribution in [0.4, 0.5) is 5.82 Å². The molecule has 2 rings (SSSR count). The Morgan fingerprint density at radius 2 is 1.88 bits per heavy atom. The van der Waals surface area contributed by atoms with Crippen LogP contribution in [0.25, 0.3) is 0 Å². The van der Waals surface area contributed by atoms with Crippen molar-refractivity contribution in [3.05, 3.63) is 21.3 Å². The Kier molecular flexibility index (Phi) is 4.40. The first-order chi connectivity index (χ1) is 8.08. The van der Waals surface area contributed by atoms with Crippen LogP contribution in [0.3, 0.4) is 0 Å². The summed E-state index contributed by atoms with van der Waals surface area (Å²) in [7, 11) is 0. The van der Waals surface area contributed by atoms with Crippen LogP contribution in [-0.2, 0) is 0 Å². The van der Waals surface area contributed by atoms with E-state index in [-0.39, 0.29) is 5.15 Å². The van der Waals surface area contributed by atoms with Crippen molar-refractivity contribution < 1.29 is 0 Å². The van der Waals surface area contributed by atoms with Crippen molar-refractivity contribution in [3.63, 3.8) is 0 Å². The number of aromatic nitrogens is 1. The van der Waals surface area contributed by atoms with E-state index in [2.05, 4.69) is 17.2 Å². The Morgan fingerprint density at radius 1 is 1.24 bits per heavy atom. The predicted molar refractivity (Wildman–Crippen MR) is 74.3 cm³/mol. The van der Waals surface area contributed by atoms with Gasteiger partial charge in [-0.05, 0) is 31.7 Å². The van der Waals surface area contributed by atoms with E-state index in [4.69, 9.17) is 34.8 Å². The zero-order valence-corrected chi connectivity index (χ0v) is 11.9. The highest BCUT2D eigenvalue weighted by Gasteiger charge is 2.22. The van der Waals surface area contributed by atoms with Gasteiger partial charge in [-0.3, -0.25) is 0 Å². The molecule has 0 bridgehead atoms. The summed E-state index contributed by atoms with van der Waals surface area (Å²) in [6.07, 6.45) is 5.18. The van der Waals surface area contributed by atoms with Gasteiger partial charge in [0.15, 0.2) is 0 Å². The van der Waals surface area contributed by atoms with Crippen LogP contribution < -0.4 is 5.32 Å². The van der Waals surface area contributed by atoms with Gasteiger partial charge in [-0.2, -0.15) is 0 Å². The predicted octanol–water partition coefficient (Wildman–Crippen LogP) is 5.03. The summed E-state index contributed by atoms with van der Waals surface area (Å²) in [5.74, 6) is 1.32. The summed E-state index contributed by atoms with van der Waals surface area (Å²) in [6, 6.07) is 1.99. The maximum Gasteiger partial charge on any atom is 0.150 e. The van der Waals surface area contributed by atoms with Gasteiger partial charge in [-0.15, -0.1) is 0 Å². The van der Waals surface area contributed by atoms with Crippen LogP contribution in [-0.4, -0.2) is 11.0 Å². The van der Waals surface area contributed by atoms with E-state index in [9.17, 15) is 0 Å². The standard InChI is InChI=1S/C12H15Cl3N2/c1-7(8-4-2-3-5-8)16-12-10(14)6-9(13)11(15)17-12/h6-8H,2-5H2,1H3,(H,16,17). The van der Waals surface area contributed by atoms with Gasteiger partial charge < -0.3 is 5.32 Å². The maximum atomic E-state index is 6.08. The molecule has 1 atom stereocenters. The molecular formula is C12H15Cl3N2. The molecular weight excluding hydrogens is 279 g/mol. The fourth-order valence-corrected chi connectivity index (χ4v) is 2.89. The second-order valence-electron chi connectivity index (χ2n) is 4.57. The minimum atomic E-state index is 0.289. The molecule has 0 saturated heterocycles. The second kappa shape index (κ2) is 5.64. The van der Waals surface area contributed by atoms with E-state index in [0.29, 0.717) is 27.8 Å². The summed E-state index contributed by atoms with van der Waals surface area (Å²) >= 11 is 17.8. The zero-order chi connectivity index (χ0) is 12.4. The molecule has 0 aromatic carbocycles. The lowest BCUT2D eigenvalue weighted by Crippen LogP contribution is -2.24. The Morgan fingerprint density at radius 3 is 2.53 bits per heavy atom. The highest BCUT2D eigenvalue weighted by Crippen LogP contribution is 2.32. The normalized spacial score (nSPS) is 18.4. The molecule has 1 N–H and O–H groups in total. The number of rotatable bonds is 3. The fraction of sp³-hybridized carbons (Fsp3) is 0.583. The van der Waals surface area contributed by atoms with Gasteiger partial charge in [0.2, 0.25) is 0 Å². The second-order valence-corrected chi connectivity index (χ2v) is 5.74. The van der Waals surface area contributed by atoms with E-state index < -0.39 is 0 Å². The third-order valence-electron chi connectivity index (χ3n) is 3.36. The van der Waals surface area contributed by atoms with E-state index in [1.807, 2.05) is 0 Å². The van der Waals surface area contributed by atoms with Gasteiger partial charge in [-0.25, -0.2) is 4.98 Å². The first-order valence-corrected chi connectivity index (χ1v) is 6.99. The molecule has 1 aromatic rings. The summed E-state index contributed by atoms with van der Waals surface area (Å²) in [6.45, 7) is 2.16. The SMILES string of the molecule is CC(Nc1nc(Cl)c(Cl)cc1Cl)C1CCCC1. The number of nitrogens with one attached hydrogen (secondary N) is 1. The molecule has 5 heteroatoms. The molecule has 2 nitrogen and oxygen atoms in total. The number of halogens is 3. The first kappa shape index (κ1) is 13.3. The van der Waals surface area contributed by atoms with Crippen molar-refractivity contribution in [1.29, 1.82) is 0 Å². The summed E-state index contributed by atoms with van der Waals surface area (Å²) < 4.78 is 0. The lowest BCUT2D eigenvalue weighted by atomic mass is 10.00. The van der Waals surface area contributed by atoms with Crippen molar-refractivity contribution in [2.75, 3.05) is 5.32 Å². The first-order valence-electron chi connectivity index (χ1n) is 5.86. The van der Waals surface area contributed by atoms with Crippen molar-refractivity contribution >= 4 is 40.6 Å². The van der Waals surface area contributed by atoms with Gasteiger partial charge in [0.1, 0.15) is 11.0 Å². The van der Waals surface area contributed by atoms with Crippen LogP contribution in [0.5, 0.6) is 0 Å². The van der Waals surface area contributed by atoms with Crippen LogP contribution in [0.1, 0.15) is 32.6 Å². The quantitative estimate of drug-likeness (QED) is 0.790. The molecule has 1 aliphatic carbocycles. The van der Waals surface area contributed by atoms with Crippen LogP contribution >= 0.6 is 34.8 Å². The molecule has 1 aliphatic rings. The molecule has 1 unspecified atom stereocenters. The topological polar surface area (TPSA) is 24.9 Å². The Labute approximate surface area is 117 Å².